The molecule has 2 rings (SSSR count). The van der Waals surface area contributed by atoms with E-state index in [0.717, 1.165) is 5.56 Å². The van der Waals surface area contributed by atoms with Gasteiger partial charge in [0, 0.05) is 24.3 Å². The highest BCUT2D eigenvalue weighted by molar-refractivity contribution is 6.05. The summed E-state index contributed by atoms with van der Waals surface area (Å²) in [6, 6.07) is 12.7. The van der Waals surface area contributed by atoms with Crippen LogP contribution in [0.5, 0.6) is 11.5 Å². The highest BCUT2D eigenvalue weighted by Gasteiger charge is 2.24. The largest absolute Gasteiger partial charge is 0.497 e. The van der Waals surface area contributed by atoms with Crippen molar-refractivity contribution in [3.8, 4) is 11.5 Å². The van der Waals surface area contributed by atoms with E-state index in [1.54, 1.807) is 32.4 Å². The van der Waals surface area contributed by atoms with E-state index >= 15 is 0 Å². The molecule has 0 radical (unpaired) electrons. The molecule has 0 spiro atoms. The SMILES string of the molecule is COCOc1c(NC(=O)c2ccccc2)cc(OC)cc1C(C)(C)C. The molecule has 0 atom stereocenters. The van der Waals surface area contributed by atoms with Crippen LogP contribution in [0.1, 0.15) is 36.7 Å². The second kappa shape index (κ2) is 8.03. The summed E-state index contributed by atoms with van der Waals surface area (Å²) in [4.78, 5) is 12.6. The van der Waals surface area contributed by atoms with Crippen molar-refractivity contribution in [3.63, 3.8) is 0 Å². The Labute approximate surface area is 148 Å². The van der Waals surface area contributed by atoms with E-state index in [2.05, 4.69) is 26.1 Å². The number of rotatable bonds is 6. The summed E-state index contributed by atoms with van der Waals surface area (Å²) < 4.78 is 16.2. The smallest absolute Gasteiger partial charge is 0.255 e. The Morgan fingerprint density at radius 2 is 1.76 bits per heavy atom. The van der Waals surface area contributed by atoms with E-state index in [-0.39, 0.29) is 18.1 Å². The molecule has 134 valence electrons. The summed E-state index contributed by atoms with van der Waals surface area (Å²) in [6.07, 6.45) is 0. The quantitative estimate of drug-likeness (QED) is 0.798. The van der Waals surface area contributed by atoms with E-state index in [1.807, 2.05) is 24.3 Å². The van der Waals surface area contributed by atoms with Gasteiger partial charge in [-0.2, -0.15) is 0 Å². The van der Waals surface area contributed by atoms with E-state index in [0.29, 0.717) is 22.7 Å². The highest BCUT2D eigenvalue weighted by Crippen LogP contribution is 2.40. The fourth-order valence-electron chi connectivity index (χ4n) is 2.43. The zero-order valence-electron chi connectivity index (χ0n) is 15.4. The van der Waals surface area contributed by atoms with Gasteiger partial charge in [0.05, 0.1) is 12.8 Å². The second-order valence-corrected chi connectivity index (χ2v) is 6.67. The molecule has 0 saturated heterocycles. The van der Waals surface area contributed by atoms with Crippen molar-refractivity contribution in [3.05, 3.63) is 53.6 Å². The summed E-state index contributed by atoms with van der Waals surface area (Å²) >= 11 is 0. The Bertz CT molecular complexity index is 720. The van der Waals surface area contributed by atoms with Gasteiger partial charge in [-0.1, -0.05) is 39.0 Å². The number of hydrogen-bond acceptors (Lipinski definition) is 4. The predicted octanol–water partition coefficient (Wildman–Crippen LogP) is 4.23. The lowest BCUT2D eigenvalue weighted by molar-refractivity contribution is 0.0502. The molecule has 25 heavy (non-hydrogen) atoms. The Morgan fingerprint density at radius 1 is 1.08 bits per heavy atom. The molecular formula is C20H25NO4. The number of benzene rings is 2. The van der Waals surface area contributed by atoms with E-state index in [4.69, 9.17) is 14.2 Å². The van der Waals surface area contributed by atoms with E-state index in [9.17, 15) is 4.79 Å². The summed E-state index contributed by atoms with van der Waals surface area (Å²) in [7, 11) is 3.16. The Hall–Kier alpha value is -2.53. The molecule has 0 aliphatic carbocycles. The second-order valence-electron chi connectivity index (χ2n) is 6.67. The average Bonchev–Trinajstić information content (AvgIpc) is 2.59. The minimum absolute atomic E-state index is 0.0869. The maximum Gasteiger partial charge on any atom is 0.255 e. The van der Waals surface area contributed by atoms with Crippen LogP contribution < -0.4 is 14.8 Å². The van der Waals surface area contributed by atoms with Crippen molar-refractivity contribution in [1.29, 1.82) is 0 Å². The Balaban J connectivity index is 2.48. The van der Waals surface area contributed by atoms with E-state index in [1.165, 1.54) is 0 Å². The van der Waals surface area contributed by atoms with Gasteiger partial charge in [0.15, 0.2) is 6.79 Å². The van der Waals surface area contributed by atoms with Crippen LogP contribution >= 0.6 is 0 Å². The molecule has 2 aromatic carbocycles. The van der Waals surface area contributed by atoms with Gasteiger partial charge in [0.25, 0.3) is 5.91 Å². The fraction of sp³-hybridized carbons (Fsp3) is 0.350. The van der Waals surface area contributed by atoms with Crippen molar-refractivity contribution < 1.29 is 19.0 Å². The molecule has 0 aromatic heterocycles. The van der Waals surface area contributed by atoms with Crippen LogP contribution in [0.4, 0.5) is 5.69 Å². The van der Waals surface area contributed by atoms with E-state index < -0.39 is 0 Å². The van der Waals surface area contributed by atoms with Gasteiger partial charge < -0.3 is 19.5 Å². The number of carbonyl (C=O) groups excluding carboxylic acids is 1. The minimum atomic E-state index is -0.212. The lowest BCUT2D eigenvalue weighted by Crippen LogP contribution is -2.18. The molecule has 2 aromatic rings. The summed E-state index contributed by atoms with van der Waals surface area (Å²) in [5, 5.41) is 2.92. The first kappa shape index (κ1) is 18.8. The molecule has 5 heteroatoms. The van der Waals surface area contributed by atoms with Gasteiger partial charge >= 0.3 is 0 Å². The van der Waals surface area contributed by atoms with Crippen molar-refractivity contribution in [2.45, 2.75) is 26.2 Å². The number of hydrogen-bond donors (Lipinski definition) is 1. The fourth-order valence-corrected chi connectivity index (χ4v) is 2.43. The van der Waals surface area contributed by atoms with Crippen molar-refractivity contribution in [1.82, 2.24) is 0 Å². The van der Waals surface area contributed by atoms with Gasteiger partial charge in [0.1, 0.15) is 11.5 Å². The van der Waals surface area contributed by atoms with Crippen molar-refractivity contribution in [2.24, 2.45) is 0 Å². The number of nitrogens with one attached hydrogen (secondary N) is 1. The number of ether oxygens (including phenoxy) is 3. The van der Waals surface area contributed by atoms with Gasteiger partial charge in [-0.25, -0.2) is 0 Å². The zero-order valence-corrected chi connectivity index (χ0v) is 15.4. The minimum Gasteiger partial charge on any atom is -0.497 e. The first-order valence-electron chi connectivity index (χ1n) is 8.07. The molecule has 1 N–H and O–H groups in total. The molecule has 0 fully saturated rings. The first-order chi connectivity index (χ1) is 11.9. The van der Waals surface area contributed by atoms with Gasteiger partial charge in [-0.05, 0) is 23.6 Å². The third kappa shape index (κ3) is 4.73. The molecule has 5 nitrogen and oxygen atoms in total. The number of anilines is 1. The maximum atomic E-state index is 12.6. The van der Waals surface area contributed by atoms with Crippen LogP contribution in [0.25, 0.3) is 0 Å². The third-order valence-electron chi connectivity index (χ3n) is 3.71. The number of amides is 1. The summed E-state index contributed by atoms with van der Waals surface area (Å²) in [5.41, 5.74) is 1.84. The van der Waals surface area contributed by atoms with Crippen LogP contribution in [-0.2, 0) is 10.2 Å². The molecule has 0 unspecified atom stereocenters. The van der Waals surface area contributed by atoms with Crippen molar-refractivity contribution in [2.75, 3.05) is 26.3 Å². The maximum absolute atomic E-state index is 12.6. The number of methoxy groups -OCH3 is 2. The molecule has 0 aliphatic rings. The summed E-state index contributed by atoms with van der Waals surface area (Å²) in [6.45, 7) is 6.31. The topological polar surface area (TPSA) is 56.8 Å². The Morgan fingerprint density at radius 3 is 2.32 bits per heavy atom. The molecular weight excluding hydrogens is 318 g/mol. The molecule has 0 heterocycles. The zero-order chi connectivity index (χ0) is 18.4. The normalized spacial score (nSPS) is 11.1. The van der Waals surface area contributed by atoms with Crippen LogP contribution in [-0.4, -0.2) is 26.9 Å². The first-order valence-corrected chi connectivity index (χ1v) is 8.07. The lowest BCUT2D eigenvalue weighted by Gasteiger charge is -2.25. The standard InChI is InChI=1S/C20H25NO4/c1-20(2,3)16-11-15(24-5)12-17(18(16)25-13-23-4)21-19(22)14-9-7-6-8-10-14/h6-12H,13H2,1-5H3,(H,21,22). The van der Waals surface area contributed by atoms with Crippen molar-refractivity contribution >= 4 is 11.6 Å². The molecule has 0 aliphatic heterocycles. The van der Waals surface area contributed by atoms with Gasteiger partial charge in [-0.3, -0.25) is 4.79 Å². The van der Waals surface area contributed by atoms with Crippen LogP contribution in [0.2, 0.25) is 0 Å². The molecule has 0 saturated carbocycles. The van der Waals surface area contributed by atoms with Gasteiger partial charge in [-0.15, -0.1) is 0 Å². The monoisotopic (exact) mass is 343 g/mol. The third-order valence-corrected chi connectivity index (χ3v) is 3.71. The van der Waals surface area contributed by atoms with Crippen LogP contribution in [0, 0.1) is 0 Å². The number of carbonyl (C=O) groups is 1. The van der Waals surface area contributed by atoms with Crippen LogP contribution in [0.3, 0.4) is 0 Å². The summed E-state index contributed by atoms with van der Waals surface area (Å²) in [5.74, 6) is 1.02. The lowest BCUT2D eigenvalue weighted by atomic mass is 9.85. The predicted molar refractivity (Wildman–Crippen MR) is 98.6 cm³/mol. The van der Waals surface area contributed by atoms with Gasteiger partial charge in [0.2, 0.25) is 0 Å². The highest BCUT2D eigenvalue weighted by atomic mass is 16.7. The molecule has 0 bridgehead atoms. The molecule has 1 amide bonds. The average molecular weight is 343 g/mol. The van der Waals surface area contributed by atoms with Crippen LogP contribution in [0.15, 0.2) is 42.5 Å². The Kier molecular flexibility index (Phi) is 6.04.